The molecule has 0 aromatic carbocycles. The molecule has 0 nitrogen and oxygen atoms in total. The molecular weight excluding hydrogens is 284 g/mol. The molecule has 0 radical (unpaired) electrons. The van der Waals surface area contributed by atoms with Gasteiger partial charge in [0.05, 0.1) is 0 Å². The van der Waals surface area contributed by atoms with Crippen LogP contribution in [0.5, 0.6) is 0 Å². The maximum atomic E-state index is 2.51. The molecule has 0 saturated carbocycles. The Labute approximate surface area is 141 Å². The summed E-state index contributed by atoms with van der Waals surface area (Å²) < 4.78 is 0. The average Bonchev–Trinajstić information content (AvgIpc) is 2.88. The van der Waals surface area contributed by atoms with Crippen LogP contribution in [0, 0.1) is 23.2 Å². The molecule has 1 heteroatoms. The summed E-state index contributed by atoms with van der Waals surface area (Å²) >= 11 is 1.87. The van der Waals surface area contributed by atoms with Gasteiger partial charge in [-0.1, -0.05) is 64.8 Å². The lowest BCUT2D eigenvalue weighted by Gasteiger charge is -2.29. The highest BCUT2D eigenvalue weighted by molar-refractivity contribution is 7.11. The van der Waals surface area contributed by atoms with Gasteiger partial charge in [0.25, 0.3) is 0 Å². The van der Waals surface area contributed by atoms with Crippen molar-refractivity contribution in [2.24, 2.45) is 23.2 Å². The smallest absolute Gasteiger partial charge is 0.0342 e. The van der Waals surface area contributed by atoms with Crippen molar-refractivity contribution in [3.05, 3.63) is 39.6 Å². The monoisotopic (exact) mass is 316 g/mol. The molecule has 0 amide bonds. The van der Waals surface area contributed by atoms with E-state index in [9.17, 15) is 0 Å². The fraction of sp³-hybridized carbons (Fsp3) is 0.619. The first-order valence-corrected chi connectivity index (χ1v) is 9.55. The van der Waals surface area contributed by atoms with Crippen LogP contribution in [0.1, 0.15) is 66.2 Å². The van der Waals surface area contributed by atoms with Gasteiger partial charge in [-0.25, -0.2) is 0 Å². The molecule has 2 unspecified atom stereocenters. The molecule has 0 N–H and O–H groups in total. The van der Waals surface area contributed by atoms with Gasteiger partial charge >= 0.3 is 0 Å². The number of rotatable bonds is 3. The van der Waals surface area contributed by atoms with Crippen molar-refractivity contribution in [3.8, 4) is 0 Å². The highest BCUT2D eigenvalue weighted by Gasteiger charge is 2.29. The van der Waals surface area contributed by atoms with Crippen LogP contribution < -0.4 is 0 Å². The second-order valence-corrected chi connectivity index (χ2v) is 9.19. The molecule has 22 heavy (non-hydrogen) atoms. The first kappa shape index (κ1) is 17.5. The van der Waals surface area contributed by atoms with Gasteiger partial charge in [-0.15, -0.1) is 11.3 Å². The quantitative estimate of drug-likeness (QED) is 0.553. The van der Waals surface area contributed by atoms with Crippen LogP contribution in [-0.4, -0.2) is 0 Å². The maximum absolute atomic E-state index is 2.51. The molecule has 1 heterocycles. The van der Waals surface area contributed by atoms with E-state index in [2.05, 4.69) is 72.1 Å². The van der Waals surface area contributed by atoms with E-state index in [0.717, 1.165) is 11.8 Å². The van der Waals surface area contributed by atoms with E-state index in [0.29, 0.717) is 5.92 Å². The van der Waals surface area contributed by atoms with Gasteiger partial charge in [0, 0.05) is 4.88 Å². The topological polar surface area (TPSA) is 0 Å². The van der Waals surface area contributed by atoms with E-state index in [4.69, 9.17) is 0 Å². The average molecular weight is 317 g/mol. The first-order chi connectivity index (χ1) is 10.2. The Bertz CT molecular complexity index is 549. The minimum Gasteiger partial charge on any atom is -0.144 e. The predicted molar refractivity (Wildman–Crippen MR) is 101 cm³/mol. The summed E-state index contributed by atoms with van der Waals surface area (Å²) in [4.78, 5) is 1.43. The molecule has 1 aliphatic rings. The summed E-state index contributed by atoms with van der Waals surface area (Å²) in [5.41, 5.74) is 4.96. The van der Waals surface area contributed by atoms with Gasteiger partial charge < -0.3 is 0 Å². The molecule has 2 rings (SSSR count). The van der Waals surface area contributed by atoms with Gasteiger partial charge in [-0.3, -0.25) is 0 Å². The van der Waals surface area contributed by atoms with Crippen LogP contribution in [0.15, 0.2) is 34.7 Å². The lowest BCUT2D eigenvalue weighted by molar-refractivity contribution is 0.295. The van der Waals surface area contributed by atoms with Crippen molar-refractivity contribution in [1.82, 2.24) is 0 Å². The Kier molecular flexibility index (Phi) is 5.37. The summed E-state index contributed by atoms with van der Waals surface area (Å²) in [6.07, 6.45) is 5.04. The Morgan fingerprint density at radius 1 is 1.18 bits per heavy atom. The Hall–Kier alpha value is -0.820. The van der Waals surface area contributed by atoms with Crippen molar-refractivity contribution in [2.75, 3.05) is 0 Å². The zero-order chi connectivity index (χ0) is 16.5. The van der Waals surface area contributed by atoms with E-state index in [1.54, 1.807) is 11.1 Å². The van der Waals surface area contributed by atoms with Crippen LogP contribution in [-0.2, 0) is 0 Å². The third-order valence-corrected chi connectivity index (χ3v) is 6.36. The van der Waals surface area contributed by atoms with Gasteiger partial charge in [-0.05, 0) is 60.0 Å². The van der Waals surface area contributed by atoms with Crippen LogP contribution >= 0.6 is 11.3 Å². The molecule has 0 spiro atoms. The fourth-order valence-corrected chi connectivity index (χ4v) is 4.31. The number of hydrogen-bond donors (Lipinski definition) is 0. The highest BCUT2D eigenvalue weighted by atomic mass is 32.1. The molecule has 1 aromatic heterocycles. The molecule has 0 saturated heterocycles. The molecule has 0 fully saturated rings. The molecule has 122 valence electrons. The normalized spacial score (nSPS) is 21.8. The molecular formula is C21H32S. The van der Waals surface area contributed by atoms with Crippen molar-refractivity contribution in [3.63, 3.8) is 0 Å². The number of allylic oxidation sites excluding steroid dienone is 4. The summed E-state index contributed by atoms with van der Waals surface area (Å²) in [5.74, 6) is 2.18. The Morgan fingerprint density at radius 2 is 1.86 bits per heavy atom. The molecule has 2 atom stereocenters. The molecule has 0 bridgehead atoms. The molecule has 0 aliphatic heterocycles. The zero-order valence-corrected chi connectivity index (χ0v) is 16.2. The maximum Gasteiger partial charge on any atom is 0.0342 e. The van der Waals surface area contributed by atoms with Crippen molar-refractivity contribution in [2.45, 2.75) is 61.3 Å². The minimum absolute atomic E-state index is 0.263. The predicted octanol–water partition coefficient (Wildman–Crippen LogP) is 7.20. The third kappa shape index (κ3) is 3.74. The van der Waals surface area contributed by atoms with Crippen molar-refractivity contribution >= 4 is 16.9 Å². The van der Waals surface area contributed by atoms with Gasteiger partial charge in [0.2, 0.25) is 0 Å². The lowest BCUT2D eigenvalue weighted by atomic mass is 9.76. The largest absolute Gasteiger partial charge is 0.144 e. The van der Waals surface area contributed by atoms with E-state index in [1.165, 1.54) is 23.3 Å². The second-order valence-electron chi connectivity index (χ2n) is 8.24. The summed E-state index contributed by atoms with van der Waals surface area (Å²) in [6, 6.07) is 4.46. The lowest BCUT2D eigenvalue weighted by Crippen LogP contribution is -2.19. The molecule has 1 aliphatic carbocycles. The SMILES string of the molecule is CC1=C(c2cccs2)C=C(C(C)(C)C)CCC1C(C)C(C)C. The van der Waals surface area contributed by atoms with Crippen molar-refractivity contribution < 1.29 is 0 Å². The second kappa shape index (κ2) is 6.74. The van der Waals surface area contributed by atoms with Crippen molar-refractivity contribution in [1.29, 1.82) is 0 Å². The standard InChI is InChI=1S/C21H32S/c1-14(2)15(3)18-11-10-17(21(5,6)7)13-19(16(18)4)20-9-8-12-22-20/h8-9,12-15,18H,10-11H2,1-7H3. The van der Waals surface area contributed by atoms with E-state index in [-0.39, 0.29) is 5.41 Å². The van der Waals surface area contributed by atoms with E-state index in [1.807, 2.05) is 11.3 Å². The summed E-state index contributed by atoms with van der Waals surface area (Å²) in [6.45, 7) is 16.6. The van der Waals surface area contributed by atoms with Crippen LogP contribution in [0.4, 0.5) is 0 Å². The Balaban J connectivity index is 2.51. The van der Waals surface area contributed by atoms with Gasteiger partial charge in [-0.2, -0.15) is 0 Å². The van der Waals surface area contributed by atoms with Crippen LogP contribution in [0.2, 0.25) is 0 Å². The fourth-order valence-electron chi connectivity index (χ4n) is 3.50. The van der Waals surface area contributed by atoms with E-state index >= 15 is 0 Å². The first-order valence-electron chi connectivity index (χ1n) is 8.67. The summed E-state index contributed by atoms with van der Waals surface area (Å²) in [7, 11) is 0. The molecule has 1 aromatic rings. The zero-order valence-electron chi connectivity index (χ0n) is 15.4. The Morgan fingerprint density at radius 3 is 2.36 bits per heavy atom. The highest BCUT2D eigenvalue weighted by Crippen LogP contribution is 2.43. The minimum atomic E-state index is 0.263. The van der Waals surface area contributed by atoms with Gasteiger partial charge in [0.1, 0.15) is 0 Å². The van der Waals surface area contributed by atoms with Gasteiger partial charge in [0.15, 0.2) is 0 Å². The third-order valence-electron chi connectivity index (χ3n) is 5.46. The summed E-state index contributed by atoms with van der Waals surface area (Å²) in [5, 5.41) is 2.20. The van der Waals surface area contributed by atoms with Crippen LogP contribution in [0.25, 0.3) is 5.57 Å². The van der Waals surface area contributed by atoms with E-state index < -0.39 is 0 Å². The number of hydrogen-bond acceptors (Lipinski definition) is 1. The van der Waals surface area contributed by atoms with Crippen LogP contribution in [0.3, 0.4) is 0 Å². The number of thiophene rings is 1.